The Hall–Kier alpha value is -0.970. The van der Waals surface area contributed by atoms with Gasteiger partial charge in [0.05, 0.1) is 5.75 Å². The third-order valence-electron chi connectivity index (χ3n) is 3.06. The number of amides is 1. The zero-order valence-electron chi connectivity index (χ0n) is 11.2. The van der Waals surface area contributed by atoms with Crippen molar-refractivity contribution < 1.29 is 14.7 Å². The van der Waals surface area contributed by atoms with Gasteiger partial charge in [-0.1, -0.05) is 19.9 Å². The van der Waals surface area contributed by atoms with Gasteiger partial charge >= 0.3 is 5.97 Å². The molecule has 1 aliphatic rings. The molecule has 4 nitrogen and oxygen atoms in total. The van der Waals surface area contributed by atoms with Crippen molar-refractivity contribution in [2.75, 3.05) is 12.8 Å². The summed E-state index contributed by atoms with van der Waals surface area (Å²) >= 11 is 1.21. The average molecular weight is 271 g/mol. The van der Waals surface area contributed by atoms with Crippen LogP contribution in [0, 0.1) is 5.92 Å². The van der Waals surface area contributed by atoms with E-state index < -0.39 is 11.2 Å². The first kappa shape index (κ1) is 15.1. The first-order valence-electron chi connectivity index (χ1n) is 6.23. The molecule has 0 saturated heterocycles. The van der Waals surface area contributed by atoms with Crippen LogP contribution in [-0.4, -0.2) is 39.9 Å². The Morgan fingerprint density at radius 2 is 2.17 bits per heavy atom. The highest BCUT2D eigenvalue weighted by atomic mass is 32.2. The van der Waals surface area contributed by atoms with Gasteiger partial charge in [-0.25, -0.2) is 0 Å². The summed E-state index contributed by atoms with van der Waals surface area (Å²) in [7, 11) is 1.77. The zero-order valence-corrected chi connectivity index (χ0v) is 12.0. The number of carbonyl (C=O) groups excluding carboxylic acids is 1. The molecule has 0 fully saturated rings. The van der Waals surface area contributed by atoms with Crippen molar-refractivity contribution >= 4 is 23.6 Å². The smallest absolute Gasteiger partial charge is 0.316 e. The monoisotopic (exact) mass is 271 g/mol. The molecule has 0 spiro atoms. The van der Waals surface area contributed by atoms with E-state index in [9.17, 15) is 9.59 Å². The Labute approximate surface area is 112 Å². The van der Waals surface area contributed by atoms with Gasteiger partial charge in [-0.3, -0.25) is 9.59 Å². The van der Waals surface area contributed by atoms with Crippen LogP contribution in [0.25, 0.3) is 0 Å². The summed E-state index contributed by atoms with van der Waals surface area (Å²) in [6.07, 6.45) is 5.16. The summed E-state index contributed by atoms with van der Waals surface area (Å²) in [6.45, 7) is 3.72. The summed E-state index contributed by atoms with van der Waals surface area (Å²) in [5.41, 5.74) is 1.07. The molecule has 0 aliphatic heterocycles. The van der Waals surface area contributed by atoms with Crippen LogP contribution in [0.3, 0.4) is 0 Å². The lowest BCUT2D eigenvalue weighted by atomic mass is 10.1. The van der Waals surface area contributed by atoms with Crippen LogP contribution in [0.4, 0.5) is 0 Å². The van der Waals surface area contributed by atoms with Gasteiger partial charge in [0.1, 0.15) is 5.25 Å². The molecule has 0 heterocycles. The van der Waals surface area contributed by atoms with Crippen LogP contribution < -0.4 is 0 Å². The molecule has 0 aromatic heterocycles. The number of allylic oxidation sites excluding steroid dienone is 2. The lowest BCUT2D eigenvalue weighted by Gasteiger charge is -2.20. The van der Waals surface area contributed by atoms with Crippen LogP contribution in [-0.2, 0) is 9.59 Å². The van der Waals surface area contributed by atoms with Crippen LogP contribution in [0.5, 0.6) is 0 Å². The van der Waals surface area contributed by atoms with E-state index in [1.54, 1.807) is 11.9 Å². The SMILES string of the molecule is CC(C)C(SCC(=O)N(C)C1=CCCC1)C(=O)O. The third-order valence-corrected chi connectivity index (χ3v) is 4.58. The van der Waals surface area contributed by atoms with Crippen molar-refractivity contribution in [2.24, 2.45) is 5.92 Å². The molecule has 1 N–H and O–H groups in total. The molecule has 0 aromatic carbocycles. The number of carboxylic acids is 1. The van der Waals surface area contributed by atoms with Crippen molar-refractivity contribution in [3.05, 3.63) is 11.8 Å². The number of carbonyl (C=O) groups is 2. The number of aliphatic carboxylic acids is 1. The van der Waals surface area contributed by atoms with E-state index in [4.69, 9.17) is 5.11 Å². The Bertz CT molecular complexity index is 352. The molecule has 1 atom stereocenters. The van der Waals surface area contributed by atoms with Crippen LogP contribution in [0.2, 0.25) is 0 Å². The number of carboxylic acid groups (broad SMARTS) is 1. The van der Waals surface area contributed by atoms with Crippen LogP contribution >= 0.6 is 11.8 Å². The number of hydrogen-bond acceptors (Lipinski definition) is 3. The molecular weight excluding hydrogens is 250 g/mol. The fraction of sp³-hybridized carbons (Fsp3) is 0.692. The Balaban J connectivity index is 2.46. The summed E-state index contributed by atoms with van der Waals surface area (Å²) in [6, 6.07) is 0. The quantitative estimate of drug-likeness (QED) is 0.805. The van der Waals surface area contributed by atoms with Crippen LogP contribution in [0.15, 0.2) is 11.8 Å². The van der Waals surface area contributed by atoms with Crippen molar-refractivity contribution in [1.82, 2.24) is 4.90 Å². The molecule has 1 unspecified atom stereocenters. The second kappa shape index (κ2) is 6.83. The van der Waals surface area contributed by atoms with Crippen molar-refractivity contribution in [3.63, 3.8) is 0 Å². The molecule has 5 heteroatoms. The first-order chi connectivity index (χ1) is 8.43. The first-order valence-corrected chi connectivity index (χ1v) is 7.28. The van der Waals surface area contributed by atoms with Gasteiger partial charge in [0.2, 0.25) is 5.91 Å². The second-order valence-corrected chi connectivity index (χ2v) is 5.98. The fourth-order valence-electron chi connectivity index (χ4n) is 1.93. The molecule has 1 aliphatic carbocycles. The predicted molar refractivity (Wildman–Crippen MR) is 73.4 cm³/mol. The Morgan fingerprint density at radius 1 is 1.50 bits per heavy atom. The third kappa shape index (κ3) is 4.05. The molecule has 0 bridgehead atoms. The van der Waals surface area contributed by atoms with Crippen molar-refractivity contribution in [2.45, 2.75) is 38.4 Å². The van der Waals surface area contributed by atoms with Gasteiger partial charge < -0.3 is 10.0 Å². The van der Waals surface area contributed by atoms with E-state index >= 15 is 0 Å². The fourth-order valence-corrected chi connectivity index (χ4v) is 2.97. The maximum atomic E-state index is 12.0. The van der Waals surface area contributed by atoms with E-state index in [0.717, 1.165) is 25.0 Å². The maximum absolute atomic E-state index is 12.0. The Kier molecular flexibility index (Phi) is 5.72. The molecule has 18 heavy (non-hydrogen) atoms. The lowest BCUT2D eigenvalue weighted by Crippen LogP contribution is -2.30. The van der Waals surface area contributed by atoms with Gasteiger partial charge in [0.15, 0.2) is 0 Å². The second-order valence-electron chi connectivity index (χ2n) is 4.85. The van der Waals surface area contributed by atoms with Gasteiger partial charge in [0.25, 0.3) is 0 Å². The molecular formula is C13H21NO3S. The predicted octanol–water partition coefficient (Wildman–Crippen LogP) is 2.36. The van der Waals surface area contributed by atoms with Crippen molar-refractivity contribution in [1.29, 1.82) is 0 Å². The highest BCUT2D eigenvalue weighted by molar-refractivity contribution is 8.01. The summed E-state index contributed by atoms with van der Waals surface area (Å²) in [5.74, 6) is -0.606. The zero-order chi connectivity index (χ0) is 13.7. The topological polar surface area (TPSA) is 57.6 Å². The normalized spacial score (nSPS) is 16.6. The minimum Gasteiger partial charge on any atom is -0.480 e. The van der Waals surface area contributed by atoms with Crippen LogP contribution in [0.1, 0.15) is 33.1 Å². The van der Waals surface area contributed by atoms with E-state index in [2.05, 4.69) is 6.08 Å². The number of thioether (sulfide) groups is 1. The number of hydrogen-bond donors (Lipinski definition) is 1. The molecule has 0 aromatic rings. The average Bonchev–Trinajstić information content (AvgIpc) is 2.80. The van der Waals surface area contributed by atoms with E-state index in [1.807, 2.05) is 13.8 Å². The highest BCUT2D eigenvalue weighted by Crippen LogP contribution is 2.23. The van der Waals surface area contributed by atoms with Gasteiger partial charge in [-0.15, -0.1) is 11.8 Å². The van der Waals surface area contributed by atoms with Gasteiger partial charge in [-0.2, -0.15) is 0 Å². The van der Waals surface area contributed by atoms with Gasteiger partial charge in [-0.05, 0) is 25.2 Å². The lowest BCUT2D eigenvalue weighted by molar-refractivity contribution is -0.137. The van der Waals surface area contributed by atoms with Gasteiger partial charge in [0, 0.05) is 12.7 Å². The minimum absolute atomic E-state index is 0.0138. The number of nitrogens with zero attached hydrogens (tertiary/aromatic N) is 1. The standard InChI is InChI=1S/C13H21NO3S/c1-9(2)12(13(16)17)18-8-11(15)14(3)10-6-4-5-7-10/h6,9,12H,4-5,7-8H2,1-3H3,(H,16,17). The maximum Gasteiger partial charge on any atom is 0.316 e. The largest absolute Gasteiger partial charge is 0.480 e. The van der Waals surface area contributed by atoms with E-state index in [0.29, 0.717) is 0 Å². The summed E-state index contributed by atoms with van der Waals surface area (Å²) < 4.78 is 0. The van der Waals surface area contributed by atoms with E-state index in [1.165, 1.54) is 11.8 Å². The number of rotatable bonds is 6. The van der Waals surface area contributed by atoms with E-state index in [-0.39, 0.29) is 17.6 Å². The summed E-state index contributed by atoms with van der Waals surface area (Å²) in [5, 5.41) is 8.54. The van der Waals surface area contributed by atoms with Crippen molar-refractivity contribution in [3.8, 4) is 0 Å². The summed E-state index contributed by atoms with van der Waals surface area (Å²) in [4.78, 5) is 24.6. The molecule has 102 valence electrons. The minimum atomic E-state index is -0.842. The molecule has 0 saturated carbocycles. The highest BCUT2D eigenvalue weighted by Gasteiger charge is 2.24. The molecule has 1 amide bonds. The Morgan fingerprint density at radius 3 is 2.61 bits per heavy atom. The molecule has 0 radical (unpaired) electrons. The molecule has 1 rings (SSSR count).